The number of hydrogen-bond acceptors (Lipinski definition) is 10. The van der Waals surface area contributed by atoms with Gasteiger partial charge in [0.1, 0.15) is 23.8 Å². The number of likely N-dealkylation sites (N-methyl/N-ethyl adjacent to an activating group) is 2. The van der Waals surface area contributed by atoms with Crippen molar-refractivity contribution in [3.63, 3.8) is 0 Å². The zero-order chi connectivity index (χ0) is 30.6. The van der Waals surface area contributed by atoms with Gasteiger partial charge in [-0.1, -0.05) is 50.2 Å². The number of piperazine rings is 1. The van der Waals surface area contributed by atoms with Crippen LogP contribution >= 0.6 is 0 Å². The van der Waals surface area contributed by atoms with E-state index in [9.17, 15) is 24.3 Å². The fraction of sp³-hybridized carbons (Fsp3) is 0.500. The first-order valence-electron chi connectivity index (χ1n) is 14.3. The minimum absolute atomic E-state index is 0.0727. The van der Waals surface area contributed by atoms with Crippen molar-refractivity contribution >= 4 is 30.7 Å². The molecule has 1 amide bonds. The molecular weight excluding hydrogens is 539 g/mol. The number of carbonyl (C=O) groups is 4. The molecule has 0 unspecified atom stereocenters. The number of aliphatic hydroxyl groups is 1. The Hall–Kier alpha value is -3.61. The molecule has 4 rings (SSSR count). The Morgan fingerprint density at radius 2 is 1.62 bits per heavy atom. The lowest BCUT2D eigenvalue weighted by molar-refractivity contribution is -0.159. The molecule has 2 aliphatic rings. The van der Waals surface area contributed by atoms with Crippen LogP contribution in [0.2, 0.25) is 5.82 Å². The number of rotatable bonds is 10. The van der Waals surface area contributed by atoms with Crippen LogP contribution in [-0.4, -0.2) is 102 Å². The number of pyridine rings is 1. The van der Waals surface area contributed by atoms with Crippen LogP contribution < -0.4 is 5.32 Å². The number of amides is 1. The summed E-state index contributed by atoms with van der Waals surface area (Å²) in [6.45, 7) is 6.10. The van der Waals surface area contributed by atoms with E-state index < -0.39 is 60.8 Å². The number of hydrogen-bond donors (Lipinski definition) is 2. The molecule has 0 spiro atoms. The van der Waals surface area contributed by atoms with Gasteiger partial charge < -0.3 is 24.6 Å². The van der Waals surface area contributed by atoms with E-state index in [1.165, 1.54) is 13.0 Å². The normalized spacial score (nSPS) is 21.9. The van der Waals surface area contributed by atoms with E-state index in [0.29, 0.717) is 25.2 Å². The Morgan fingerprint density at radius 3 is 2.19 bits per heavy atom. The van der Waals surface area contributed by atoms with Gasteiger partial charge in [0.15, 0.2) is 5.78 Å². The van der Waals surface area contributed by atoms with Gasteiger partial charge in [0.05, 0.1) is 11.8 Å². The molecule has 2 aliphatic heterocycles. The van der Waals surface area contributed by atoms with Crippen molar-refractivity contribution in [3.8, 4) is 11.3 Å². The van der Waals surface area contributed by atoms with Crippen LogP contribution in [0.3, 0.4) is 0 Å². The van der Waals surface area contributed by atoms with E-state index >= 15 is 0 Å². The summed E-state index contributed by atoms with van der Waals surface area (Å²) in [5.74, 6) is -2.76. The SMILES string of the molecule is CC(C)C[C@H](CC(=O)[C@@H](NC(=O)c1cccc(-c2ccccc2)n1)[C@@H](C)O)B1OC(=O)[C@@H]2CN(C)C[C@@H](C(=O)O1)N2C. The molecule has 2 N–H and O–H groups in total. The second-order valence-electron chi connectivity index (χ2n) is 11.7. The molecule has 2 bridgehead atoms. The maximum absolute atomic E-state index is 13.6. The maximum Gasteiger partial charge on any atom is 0.602 e. The van der Waals surface area contributed by atoms with Crippen LogP contribution in [-0.2, 0) is 23.7 Å². The molecule has 224 valence electrons. The quantitative estimate of drug-likeness (QED) is 0.402. The van der Waals surface area contributed by atoms with Gasteiger partial charge in [-0.3, -0.25) is 24.1 Å². The number of nitrogens with zero attached hydrogens (tertiary/aromatic N) is 3. The smallest absolute Gasteiger partial charge is 0.498 e. The van der Waals surface area contributed by atoms with Gasteiger partial charge in [-0.15, -0.1) is 0 Å². The zero-order valence-corrected chi connectivity index (χ0v) is 24.7. The number of aliphatic hydroxyl groups excluding tert-OH is 1. The van der Waals surface area contributed by atoms with Gasteiger partial charge in [0.25, 0.3) is 5.91 Å². The van der Waals surface area contributed by atoms with Gasteiger partial charge in [-0.05, 0) is 45.5 Å². The third-order valence-corrected chi connectivity index (χ3v) is 7.75. The number of nitrogens with one attached hydrogen (secondary N) is 1. The molecule has 0 aliphatic carbocycles. The summed E-state index contributed by atoms with van der Waals surface area (Å²) >= 11 is 0. The average Bonchev–Trinajstić information content (AvgIpc) is 2.95. The lowest BCUT2D eigenvalue weighted by atomic mass is 9.64. The Morgan fingerprint density at radius 1 is 1.00 bits per heavy atom. The molecule has 2 fully saturated rings. The highest BCUT2D eigenvalue weighted by Gasteiger charge is 2.49. The topological polar surface area (TPSA) is 138 Å². The van der Waals surface area contributed by atoms with Crippen molar-refractivity contribution in [2.24, 2.45) is 5.92 Å². The number of fused-ring (bicyclic) bond motifs is 2. The number of benzene rings is 1. The van der Waals surface area contributed by atoms with Crippen LogP contribution in [0, 0.1) is 5.92 Å². The van der Waals surface area contributed by atoms with E-state index in [1.807, 2.05) is 56.1 Å². The lowest BCUT2D eigenvalue weighted by Crippen LogP contribution is -2.64. The fourth-order valence-electron chi connectivity index (χ4n) is 5.52. The summed E-state index contributed by atoms with van der Waals surface area (Å²) in [4.78, 5) is 61.0. The molecule has 5 atom stereocenters. The molecule has 12 heteroatoms. The Bertz CT molecular complexity index is 1260. The molecule has 1 aromatic carbocycles. The molecule has 2 saturated heterocycles. The van der Waals surface area contributed by atoms with Crippen molar-refractivity contribution in [1.82, 2.24) is 20.1 Å². The number of Topliss-reactive ketones (excluding diaryl/α,β-unsaturated/α-hetero) is 1. The lowest BCUT2D eigenvalue weighted by Gasteiger charge is -2.43. The molecule has 1 aromatic heterocycles. The second kappa shape index (κ2) is 13.6. The minimum Gasteiger partial charge on any atom is -0.498 e. The van der Waals surface area contributed by atoms with E-state index in [-0.39, 0.29) is 18.0 Å². The van der Waals surface area contributed by atoms with Crippen molar-refractivity contribution in [1.29, 1.82) is 0 Å². The third kappa shape index (κ3) is 7.42. The second-order valence-corrected chi connectivity index (χ2v) is 11.7. The molecule has 0 radical (unpaired) electrons. The van der Waals surface area contributed by atoms with Gasteiger partial charge in [0, 0.05) is 30.9 Å². The first kappa shape index (κ1) is 31.3. The standard InChI is InChI=1S/C30H39BN4O7/c1-18(2)14-21(31-41-29(39)24-16-34(4)17-25(35(24)5)30(40)42-31)15-26(37)27(19(3)36)33-28(38)23-13-9-12-22(32-23)20-10-7-6-8-11-20/h6-13,18-19,21,24-25,27,36H,14-17H2,1-5H3,(H,33,38)/t19-,21-,24+,25+,27+/m1/s1. The first-order valence-corrected chi connectivity index (χ1v) is 14.3. The predicted molar refractivity (Wildman–Crippen MR) is 156 cm³/mol. The summed E-state index contributed by atoms with van der Waals surface area (Å²) in [6.07, 6.45) is -1.00. The monoisotopic (exact) mass is 578 g/mol. The van der Waals surface area contributed by atoms with Gasteiger partial charge in [-0.2, -0.15) is 0 Å². The van der Waals surface area contributed by atoms with Crippen molar-refractivity contribution in [2.45, 2.75) is 63.7 Å². The van der Waals surface area contributed by atoms with Gasteiger partial charge in [0.2, 0.25) is 0 Å². The molecule has 2 aromatic rings. The van der Waals surface area contributed by atoms with Crippen LogP contribution in [0.5, 0.6) is 0 Å². The Balaban J connectivity index is 1.51. The van der Waals surface area contributed by atoms with Crippen molar-refractivity contribution < 1.29 is 33.6 Å². The summed E-state index contributed by atoms with van der Waals surface area (Å²) in [7, 11) is 2.25. The number of ketones is 1. The van der Waals surface area contributed by atoms with Crippen molar-refractivity contribution in [2.75, 3.05) is 27.2 Å². The predicted octanol–water partition coefficient (Wildman–Crippen LogP) is 1.81. The van der Waals surface area contributed by atoms with Crippen LogP contribution in [0.25, 0.3) is 11.3 Å². The maximum atomic E-state index is 13.6. The highest BCUT2D eigenvalue weighted by atomic mass is 16.6. The highest BCUT2D eigenvalue weighted by molar-refractivity contribution is 6.51. The molecule has 0 saturated carbocycles. The first-order chi connectivity index (χ1) is 19.9. The molecule has 3 heterocycles. The molecular formula is C30H39BN4O7. The summed E-state index contributed by atoms with van der Waals surface area (Å²) in [5, 5.41) is 13.1. The van der Waals surface area contributed by atoms with Crippen LogP contribution in [0.4, 0.5) is 0 Å². The van der Waals surface area contributed by atoms with Gasteiger partial charge >= 0.3 is 19.1 Å². The van der Waals surface area contributed by atoms with E-state index in [1.54, 1.807) is 24.1 Å². The minimum atomic E-state index is -1.27. The summed E-state index contributed by atoms with van der Waals surface area (Å²) < 4.78 is 11.4. The number of aromatic nitrogens is 1. The Kier molecular flexibility index (Phi) is 10.1. The highest BCUT2D eigenvalue weighted by Crippen LogP contribution is 2.30. The van der Waals surface area contributed by atoms with Gasteiger partial charge in [-0.25, -0.2) is 4.98 Å². The van der Waals surface area contributed by atoms with E-state index in [4.69, 9.17) is 9.31 Å². The van der Waals surface area contributed by atoms with E-state index in [0.717, 1.165) is 5.56 Å². The average molecular weight is 578 g/mol. The fourth-order valence-corrected chi connectivity index (χ4v) is 5.52. The molecule has 42 heavy (non-hydrogen) atoms. The largest absolute Gasteiger partial charge is 0.602 e. The number of carbonyl (C=O) groups excluding carboxylic acids is 4. The van der Waals surface area contributed by atoms with Crippen LogP contribution in [0.15, 0.2) is 48.5 Å². The summed E-state index contributed by atoms with van der Waals surface area (Å²) in [5.41, 5.74) is 1.52. The van der Waals surface area contributed by atoms with Crippen LogP contribution in [0.1, 0.15) is 44.1 Å². The molecule has 11 nitrogen and oxygen atoms in total. The summed E-state index contributed by atoms with van der Waals surface area (Å²) in [6, 6.07) is 11.8. The van der Waals surface area contributed by atoms with Crippen molar-refractivity contribution in [3.05, 3.63) is 54.2 Å². The third-order valence-electron chi connectivity index (χ3n) is 7.75. The van der Waals surface area contributed by atoms with E-state index in [2.05, 4.69) is 10.3 Å². The Labute approximate surface area is 246 Å². The zero-order valence-electron chi connectivity index (χ0n) is 24.7.